The fraction of sp³-hybridized carbons (Fsp3) is 0.353. The molecule has 0 bridgehead atoms. The number of rotatable bonds is 5. The average molecular weight is 287 g/mol. The van der Waals surface area contributed by atoms with Crippen LogP contribution in [0, 0.1) is 13.8 Å². The second-order valence-electron chi connectivity index (χ2n) is 5.06. The lowest BCUT2D eigenvalue weighted by Crippen LogP contribution is -2.13. The summed E-state index contributed by atoms with van der Waals surface area (Å²) in [5.74, 6) is -0.480. The van der Waals surface area contributed by atoms with E-state index in [9.17, 15) is 10.0 Å². The van der Waals surface area contributed by atoms with Crippen LogP contribution in [0.3, 0.4) is 0 Å². The van der Waals surface area contributed by atoms with Gasteiger partial charge in [-0.1, -0.05) is 30.3 Å². The maximum Gasteiger partial charge on any atom is 0.358 e. The van der Waals surface area contributed by atoms with E-state index in [0.29, 0.717) is 13.0 Å². The van der Waals surface area contributed by atoms with Crippen molar-refractivity contribution in [2.24, 2.45) is 0 Å². The van der Waals surface area contributed by atoms with Crippen LogP contribution in [-0.2, 0) is 17.6 Å². The Hall–Kier alpha value is -2.23. The van der Waals surface area contributed by atoms with E-state index in [2.05, 4.69) is 12.1 Å². The number of aryl methyl sites for hydroxylation is 1. The number of ether oxygens (including phenoxy) is 1. The van der Waals surface area contributed by atoms with Gasteiger partial charge in [0, 0.05) is 0 Å². The Labute approximate surface area is 124 Å². The van der Waals surface area contributed by atoms with E-state index < -0.39 is 5.97 Å². The molecule has 0 aliphatic rings. The van der Waals surface area contributed by atoms with Gasteiger partial charge in [-0.05, 0) is 50.3 Å². The molecule has 21 heavy (non-hydrogen) atoms. The quantitative estimate of drug-likeness (QED) is 0.678. The first-order valence-electron chi connectivity index (χ1n) is 7.17. The topological polar surface area (TPSA) is 51.5 Å². The van der Waals surface area contributed by atoms with Crippen LogP contribution >= 0.6 is 0 Å². The lowest BCUT2D eigenvalue weighted by molar-refractivity contribution is 0.0471. The van der Waals surface area contributed by atoms with Gasteiger partial charge in [-0.25, -0.2) is 4.79 Å². The van der Waals surface area contributed by atoms with Crippen molar-refractivity contribution in [3.63, 3.8) is 0 Å². The van der Waals surface area contributed by atoms with E-state index in [1.54, 1.807) is 6.92 Å². The SMILES string of the molecule is CCOC(=O)c1c(C)c(C)c(CCc2ccccc2)n1O. The molecule has 4 heteroatoms. The molecule has 0 aliphatic heterocycles. The standard InChI is InChI=1S/C17H21NO3/c1-4-21-17(19)16-13(3)12(2)15(18(16)20)11-10-14-8-6-5-7-9-14/h5-9,20H,4,10-11H2,1-3H3. The first-order valence-corrected chi connectivity index (χ1v) is 7.17. The summed E-state index contributed by atoms with van der Waals surface area (Å²) in [6, 6.07) is 10.1. The van der Waals surface area contributed by atoms with Crippen molar-refractivity contribution in [1.82, 2.24) is 4.73 Å². The van der Waals surface area contributed by atoms with Gasteiger partial charge in [0.05, 0.1) is 12.3 Å². The largest absolute Gasteiger partial charge is 0.461 e. The molecule has 0 saturated carbocycles. The summed E-state index contributed by atoms with van der Waals surface area (Å²) < 4.78 is 5.99. The first kappa shape index (κ1) is 15.2. The maximum absolute atomic E-state index is 11.9. The highest BCUT2D eigenvalue weighted by Gasteiger charge is 2.23. The number of esters is 1. The molecular formula is C17H21NO3. The molecule has 0 fully saturated rings. The molecule has 0 aliphatic carbocycles. The van der Waals surface area contributed by atoms with Crippen molar-refractivity contribution in [3.05, 3.63) is 58.4 Å². The summed E-state index contributed by atoms with van der Waals surface area (Å²) >= 11 is 0. The fourth-order valence-electron chi connectivity index (χ4n) is 2.49. The molecule has 1 heterocycles. The van der Waals surface area contributed by atoms with Crippen LogP contribution in [-0.4, -0.2) is 22.5 Å². The summed E-state index contributed by atoms with van der Waals surface area (Å²) in [5.41, 5.74) is 3.92. The summed E-state index contributed by atoms with van der Waals surface area (Å²) in [4.78, 5) is 11.9. The van der Waals surface area contributed by atoms with Crippen LogP contribution in [0.2, 0.25) is 0 Å². The minimum Gasteiger partial charge on any atom is -0.461 e. The molecule has 0 spiro atoms. The van der Waals surface area contributed by atoms with Gasteiger partial charge in [0.2, 0.25) is 0 Å². The van der Waals surface area contributed by atoms with Crippen LogP contribution < -0.4 is 0 Å². The molecule has 0 radical (unpaired) electrons. The Morgan fingerprint density at radius 1 is 1.14 bits per heavy atom. The van der Waals surface area contributed by atoms with Crippen LogP contribution in [0.1, 0.15) is 39.8 Å². The number of nitrogens with zero attached hydrogens (tertiary/aromatic N) is 1. The molecule has 2 rings (SSSR count). The third-order valence-corrected chi connectivity index (χ3v) is 3.78. The van der Waals surface area contributed by atoms with Gasteiger partial charge in [-0.2, -0.15) is 4.73 Å². The molecule has 1 aromatic heterocycles. The average Bonchev–Trinajstić information content (AvgIpc) is 2.69. The molecule has 0 amide bonds. The Bertz CT molecular complexity index is 629. The van der Waals surface area contributed by atoms with Crippen molar-refractivity contribution >= 4 is 5.97 Å². The molecule has 1 N–H and O–H groups in total. The summed E-state index contributed by atoms with van der Waals surface area (Å²) in [6.45, 7) is 5.80. The number of carbonyl (C=O) groups is 1. The van der Waals surface area contributed by atoms with E-state index in [1.807, 2.05) is 32.0 Å². The highest BCUT2D eigenvalue weighted by Crippen LogP contribution is 2.22. The predicted molar refractivity (Wildman–Crippen MR) is 80.9 cm³/mol. The van der Waals surface area contributed by atoms with Crippen molar-refractivity contribution in [1.29, 1.82) is 0 Å². The van der Waals surface area contributed by atoms with Crippen molar-refractivity contribution < 1.29 is 14.7 Å². The second-order valence-corrected chi connectivity index (χ2v) is 5.06. The highest BCUT2D eigenvalue weighted by atomic mass is 16.5. The van der Waals surface area contributed by atoms with Crippen molar-refractivity contribution in [2.45, 2.75) is 33.6 Å². The monoisotopic (exact) mass is 287 g/mol. The van der Waals surface area contributed by atoms with Crippen LogP contribution in [0.4, 0.5) is 0 Å². The third kappa shape index (κ3) is 3.10. The summed E-state index contributed by atoms with van der Waals surface area (Å²) in [7, 11) is 0. The van der Waals surface area contributed by atoms with Crippen LogP contribution in [0.15, 0.2) is 30.3 Å². The molecular weight excluding hydrogens is 266 g/mol. The molecule has 112 valence electrons. The number of hydrogen-bond acceptors (Lipinski definition) is 3. The Balaban J connectivity index is 2.24. The number of benzene rings is 1. The van der Waals surface area contributed by atoms with Gasteiger partial charge in [0.1, 0.15) is 0 Å². The number of carbonyl (C=O) groups excluding carboxylic acids is 1. The lowest BCUT2D eigenvalue weighted by atomic mass is 10.0. The second kappa shape index (κ2) is 6.48. The van der Waals surface area contributed by atoms with Gasteiger partial charge in [0.15, 0.2) is 5.69 Å². The molecule has 0 atom stereocenters. The third-order valence-electron chi connectivity index (χ3n) is 3.78. The summed E-state index contributed by atoms with van der Waals surface area (Å²) in [6.07, 6.45) is 1.49. The summed E-state index contributed by atoms with van der Waals surface area (Å²) in [5, 5.41) is 10.3. The van der Waals surface area contributed by atoms with Gasteiger partial charge in [-0.15, -0.1) is 0 Å². The van der Waals surface area contributed by atoms with E-state index in [1.165, 1.54) is 5.56 Å². The Morgan fingerprint density at radius 2 is 1.81 bits per heavy atom. The Kier molecular flexibility index (Phi) is 4.68. The van der Waals surface area contributed by atoms with E-state index in [4.69, 9.17) is 4.74 Å². The highest BCUT2D eigenvalue weighted by molar-refractivity contribution is 5.90. The molecule has 0 unspecified atom stereocenters. The van der Waals surface area contributed by atoms with Crippen LogP contribution in [0.5, 0.6) is 0 Å². The minimum absolute atomic E-state index is 0.234. The van der Waals surface area contributed by atoms with Crippen molar-refractivity contribution in [3.8, 4) is 0 Å². The van der Waals surface area contributed by atoms with Gasteiger partial charge >= 0.3 is 5.97 Å². The zero-order valence-electron chi connectivity index (χ0n) is 12.7. The van der Waals surface area contributed by atoms with Crippen LogP contribution in [0.25, 0.3) is 0 Å². The normalized spacial score (nSPS) is 10.6. The van der Waals surface area contributed by atoms with E-state index in [-0.39, 0.29) is 5.69 Å². The Morgan fingerprint density at radius 3 is 2.43 bits per heavy atom. The number of hydrogen-bond donors (Lipinski definition) is 1. The first-order chi connectivity index (χ1) is 10.1. The molecule has 4 nitrogen and oxygen atoms in total. The smallest absolute Gasteiger partial charge is 0.358 e. The molecule has 0 saturated heterocycles. The predicted octanol–water partition coefficient (Wildman–Crippen LogP) is 3.30. The zero-order chi connectivity index (χ0) is 15.4. The van der Waals surface area contributed by atoms with E-state index >= 15 is 0 Å². The van der Waals surface area contributed by atoms with Gasteiger partial charge in [-0.3, -0.25) is 0 Å². The fourth-order valence-corrected chi connectivity index (χ4v) is 2.49. The zero-order valence-corrected chi connectivity index (χ0v) is 12.7. The van der Waals surface area contributed by atoms with Gasteiger partial charge < -0.3 is 9.94 Å². The lowest BCUT2D eigenvalue weighted by Gasteiger charge is -2.07. The van der Waals surface area contributed by atoms with Crippen molar-refractivity contribution in [2.75, 3.05) is 6.61 Å². The number of aromatic nitrogens is 1. The van der Waals surface area contributed by atoms with Gasteiger partial charge in [0.25, 0.3) is 0 Å². The molecule has 1 aromatic carbocycles. The minimum atomic E-state index is -0.480. The molecule has 2 aromatic rings. The van der Waals surface area contributed by atoms with E-state index in [0.717, 1.165) is 28.0 Å². The maximum atomic E-state index is 11.9.